The number of halogens is 2. The van der Waals surface area contributed by atoms with Gasteiger partial charge in [-0.2, -0.15) is 0 Å². The molecule has 2 aromatic rings. The van der Waals surface area contributed by atoms with E-state index in [4.69, 9.17) is 9.94 Å². The third-order valence-electron chi connectivity index (χ3n) is 3.66. The fraction of sp³-hybridized carbons (Fsp3) is 0.312. The molecule has 0 aliphatic carbocycles. The SMILES string of the molecule is Cn1c(Nc2ccc(I)cc2F)c(C(O)=[NH+]OCCCO)c(=O)n(C)c1=O. The van der Waals surface area contributed by atoms with E-state index in [0.717, 1.165) is 9.13 Å². The Kier molecular flexibility index (Phi) is 6.96. The summed E-state index contributed by atoms with van der Waals surface area (Å²) in [5.74, 6) is -1.36. The molecule has 0 spiro atoms. The second-order valence-electron chi connectivity index (χ2n) is 5.55. The van der Waals surface area contributed by atoms with Crippen molar-refractivity contribution in [3.05, 3.63) is 54.0 Å². The first-order valence-electron chi connectivity index (χ1n) is 7.85. The summed E-state index contributed by atoms with van der Waals surface area (Å²) in [6.45, 7) is -0.0376. The Morgan fingerprint density at radius 2 is 2.04 bits per heavy atom. The predicted octanol–water partition coefficient (Wildman–Crippen LogP) is -0.729. The van der Waals surface area contributed by atoms with Gasteiger partial charge in [0.05, 0.1) is 5.69 Å². The smallest absolute Gasteiger partial charge is 0.423 e. The van der Waals surface area contributed by atoms with Crippen LogP contribution in [0.5, 0.6) is 0 Å². The Labute approximate surface area is 166 Å². The standard InChI is InChI=1S/C16H18FIN4O5/c1-21-13(19-11-5-4-9(18)8-10(11)17)12(15(25)22(2)16(21)26)14(24)20-27-7-3-6-23/h4-5,8,19,23H,3,6-7H2,1-2H3,(H,20,24)/p+1. The van der Waals surface area contributed by atoms with Gasteiger partial charge in [0.15, 0.2) is 12.2 Å². The number of aliphatic hydroxyl groups is 2. The van der Waals surface area contributed by atoms with Gasteiger partial charge in [-0.05, 0) is 40.8 Å². The quantitative estimate of drug-likeness (QED) is 0.133. The monoisotopic (exact) mass is 493 g/mol. The molecule has 1 aromatic carbocycles. The van der Waals surface area contributed by atoms with Gasteiger partial charge in [-0.1, -0.05) is 0 Å². The lowest BCUT2D eigenvalue weighted by Crippen LogP contribution is -2.73. The molecular weight excluding hydrogens is 474 g/mol. The van der Waals surface area contributed by atoms with E-state index in [1.807, 2.05) is 22.6 Å². The van der Waals surface area contributed by atoms with E-state index in [1.54, 1.807) is 6.07 Å². The minimum atomic E-state index is -0.803. The van der Waals surface area contributed by atoms with Crippen LogP contribution in [0.15, 0.2) is 27.8 Å². The minimum Gasteiger partial charge on any atom is -0.456 e. The van der Waals surface area contributed by atoms with Gasteiger partial charge in [0.25, 0.3) is 5.56 Å². The van der Waals surface area contributed by atoms with E-state index < -0.39 is 23.0 Å². The molecule has 0 aliphatic heterocycles. The van der Waals surface area contributed by atoms with Crippen molar-refractivity contribution in [1.29, 1.82) is 0 Å². The Balaban J connectivity index is 2.58. The van der Waals surface area contributed by atoms with E-state index in [9.17, 15) is 19.1 Å². The molecule has 0 bridgehead atoms. The van der Waals surface area contributed by atoms with Crippen molar-refractivity contribution in [2.24, 2.45) is 14.1 Å². The van der Waals surface area contributed by atoms with E-state index in [0.29, 0.717) is 9.99 Å². The predicted molar refractivity (Wildman–Crippen MR) is 105 cm³/mol. The van der Waals surface area contributed by atoms with Gasteiger partial charge in [-0.15, -0.1) is 0 Å². The van der Waals surface area contributed by atoms with Crippen LogP contribution in [-0.2, 0) is 18.9 Å². The molecule has 1 aromatic heterocycles. The van der Waals surface area contributed by atoms with Crippen LogP contribution in [0.3, 0.4) is 0 Å². The van der Waals surface area contributed by atoms with Crippen molar-refractivity contribution in [1.82, 2.24) is 9.13 Å². The van der Waals surface area contributed by atoms with Crippen molar-refractivity contribution in [2.75, 3.05) is 18.5 Å². The van der Waals surface area contributed by atoms with Crippen LogP contribution in [0.25, 0.3) is 0 Å². The summed E-state index contributed by atoms with van der Waals surface area (Å²) in [5.41, 5.74) is -1.75. The Morgan fingerprint density at radius 1 is 1.33 bits per heavy atom. The van der Waals surface area contributed by atoms with Gasteiger partial charge in [-0.25, -0.2) is 9.18 Å². The van der Waals surface area contributed by atoms with Crippen LogP contribution in [0, 0.1) is 9.39 Å². The summed E-state index contributed by atoms with van der Waals surface area (Å²) >= 11 is 1.95. The summed E-state index contributed by atoms with van der Waals surface area (Å²) in [5, 5.41) is 23.9. The third-order valence-corrected chi connectivity index (χ3v) is 4.33. The summed E-state index contributed by atoms with van der Waals surface area (Å²) in [6, 6.07) is 4.37. The summed E-state index contributed by atoms with van der Waals surface area (Å²) in [6.07, 6.45) is 0.310. The second kappa shape index (κ2) is 8.99. The molecule has 0 fully saturated rings. The first-order chi connectivity index (χ1) is 12.8. The first-order valence-corrected chi connectivity index (χ1v) is 8.92. The van der Waals surface area contributed by atoms with E-state index in [1.165, 1.54) is 26.2 Å². The van der Waals surface area contributed by atoms with Crippen molar-refractivity contribution in [3.63, 3.8) is 0 Å². The largest absolute Gasteiger partial charge is 0.456 e. The van der Waals surface area contributed by atoms with Gasteiger partial charge in [0, 0.05) is 35.8 Å². The molecule has 4 N–H and O–H groups in total. The molecule has 0 amide bonds. The molecule has 0 radical (unpaired) electrons. The van der Waals surface area contributed by atoms with Gasteiger partial charge >= 0.3 is 11.6 Å². The molecular formula is C16H19FIN4O5+. The van der Waals surface area contributed by atoms with Crippen LogP contribution in [0.1, 0.15) is 12.0 Å². The Hall–Kier alpha value is -2.41. The first kappa shape index (κ1) is 20.9. The normalized spacial score (nSPS) is 11.5. The van der Waals surface area contributed by atoms with Crippen LogP contribution in [0.4, 0.5) is 15.9 Å². The molecule has 146 valence electrons. The lowest BCUT2D eigenvalue weighted by molar-refractivity contribution is -0.757. The van der Waals surface area contributed by atoms with E-state index in [-0.39, 0.29) is 30.3 Å². The highest BCUT2D eigenvalue weighted by molar-refractivity contribution is 14.1. The van der Waals surface area contributed by atoms with Crippen LogP contribution < -0.4 is 21.7 Å². The molecule has 11 heteroatoms. The minimum absolute atomic E-state index is 0.0221. The molecule has 0 atom stereocenters. The van der Waals surface area contributed by atoms with E-state index >= 15 is 0 Å². The maximum absolute atomic E-state index is 14.2. The molecule has 9 nitrogen and oxygen atoms in total. The van der Waals surface area contributed by atoms with Crippen LogP contribution in [0.2, 0.25) is 0 Å². The average Bonchev–Trinajstić information content (AvgIpc) is 2.63. The van der Waals surface area contributed by atoms with Gasteiger partial charge in [0.1, 0.15) is 11.6 Å². The number of rotatable bonds is 7. The highest BCUT2D eigenvalue weighted by Gasteiger charge is 2.25. The maximum Gasteiger partial charge on any atom is 0.423 e. The number of nitrogens with one attached hydrogen (secondary N) is 2. The van der Waals surface area contributed by atoms with Crippen molar-refractivity contribution in [3.8, 4) is 0 Å². The molecule has 1 heterocycles. The fourth-order valence-electron chi connectivity index (χ4n) is 2.23. The van der Waals surface area contributed by atoms with E-state index in [2.05, 4.69) is 10.5 Å². The molecule has 0 saturated carbocycles. The number of hydrogen-bond donors (Lipinski definition) is 4. The zero-order chi connectivity index (χ0) is 20.1. The third kappa shape index (κ3) is 4.66. The summed E-state index contributed by atoms with van der Waals surface area (Å²) in [4.78, 5) is 29.7. The van der Waals surface area contributed by atoms with Crippen LogP contribution >= 0.6 is 22.6 Å². The topological polar surface area (TPSA) is 120 Å². The molecule has 0 aliphatic rings. The van der Waals surface area contributed by atoms with Gasteiger partial charge in [-0.3, -0.25) is 18.8 Å². The number of aliphatic hydroxyl groups excluding tert-OH is 2. The lowest BCUT2D eigenvalue weighted by Gasteiger charge is -2.15. The zero-order valence-electron chi connectivity index (χ0n) is 14.6. The molecule has 2 rings (SSSR count). The Bertz CT molecular complexity index is 986. The van der Waals surface area contributed by atoms with Gasteiger partial charge in [0.2, 0.25) is 0 Å². The number of anilines is 2. The number of nitrogens with zero attached hydrogens (tertiary/aromatic N) is 2. The Morgan fingerprint density at radius 3 is 2.67 bits per heavy atom. The van der Waals surface area contributed by atoms with Gasteiger partial charge < -0.3 is 15.5 Å². The highest BCUT2D eigenvalue weighted by atomic mass is 127. The molecule has 27 heavy (non-hydrogen) atoms. The average molecular weight is 493 g/mol. The van der Waals surface area contributed by atoms with Crippen molar-refractivity contribution < 1.29 is 24.6 Å². The molecule has 0 saturated heterocycles. The second-order valence-corrected chi connectivity index (χ2v) is 6.80. The fourth-order valence-corrected chi connectivity index (χ4v) is 2.68. The summed E-state index contributed by atoms with van der Waals surface area (Å²) in [7, 11) is 2.63. The molecule has 0 unspecified atom stereocenters. The van der Waals surface area contributed by atoms with Crippen LogP contribution in [-0.4, -0.2) is 38.5 Å². The highest BCUT2D eigenvalue weighted by Crippen LogP contribution is 2.22. The number of aromatic nitrogens is 2. The number of hydrogen-bond acceptors (Lipinski definition) is 5. The van der Waals surface area contributed by atoms with Crippen molar-refractivity contribution in [2.45, 2.75) is 6.42 Å². The van der Waals surface area contributed by atoms with Crippen molar-refractivity contribution >= 4 is 40.0 Å². The lowest BCUT2D eigenvalue weighted by atomic mass is 10.2. The summed E-state index contributed by atoms with van der Waals surface area (Å²) < 4.78 is 16.7. The maximum atomic E-state index is 14.2. The number of benzene rings is 1. The zero-order valence-corrected chi connectivity index (χ0v) is 16.8.